The summed E-state index contributed by atoms with van der Waals surface area (Å²) in [6.45, 7) is 8.14. The van der Waals surface area contributed by atoms with E-state index < -0.39 is 6.04 Å². The highest BCUT2D eigenvalue weighted by molar-refractivity contribution is 5.85. The second-order valence-electron chi connectivity index (χ2n) is 6.56. The average Bonchev–Trinajstić information content (AvgIpc) is 2.98. The molecular formula is C13H27Cl2N3O. The van der Waals surface area contributed by atoms with Crippen LogP contribution in [-0.4, -0.2) is 42.0 Å². The Balaban J connectivity index is 0.00000162. The fourth-order valence-electron chi connectivity index (χ4n) is 2.36. The molecule has 2 aliphatic rings. The van der Waals surface area contributed by atoms with Gasteiger partial charge in [-0.3, -0.25) is 9.69 Å². The van der Waals surface area contributed by atoms with Crippen molar-refractivity contribution < 1.29 is 4.79 Å². The molecule has 1 heterocycles. The van der Waals surface area contributed by atoms with Gasteiger partial charge in [-0.1, -0.05) is 20.8 Å². The van der Waals surface area contributed by atoms with Crippen LogP contribution >= 0.6 is 24.8 Å². The van der Waals surface area contributed by atoms with E-state index in [1.807, 2.05) is 20.8 Å². The number of nitrogens with two attached hydrogens (primary N) is 1. The summed E-state index contributed by atoms with van der Waals surface area (Å²) in [5.74, 6) is 0.000136. The van der Waals surface area contributed by atoms with Gasteiger partial charge in [0, 0.05) is 25.2 Å². The largest absolute Gasteiger partial charge is 0.351 e. The number of nitrogens with zero attached hydrogens (tertiary/aromatic N) is 1. The Morgan fingerprint density at radius 3 is 2.32 bits per heavy atom. The van der Waals surface area contributed by atoms with Gasteiger partial charge in [-0.15, -0.1) is 24.8 Å². The van der Waals surface area contributed by atoms with Crippen molar-refractivity contribution in [2.45, 2.75) is 58.2 Å². The van der Waals surface area contributed by atoms with Crippen molar-refractivity contribution in [2.24, 2.45) is 11.1 Å². The zero-order chi connectivity index (χ0) is 12.6. The summed E-state index contributed by atoms with van der Waals surface area (Å²) in [5.41, 5.74) is 5.79. The molecule has 0 aromatic heterocycles. The molecule has 0 radical (unpaired) electrons. The van der Waals surface area contributed by atoms with Gasteiger partial charge in [-0.25, -0.2) is 0 Å². The fourth-order valence-corrected chi connectivity index (χ4v) is 2.36. The van der Waals surface area contributed by atoms with Crippen molar-refractivity contribution in [3.05, 3.63) is 0 Å². The van der Waals surface area contributed by atoms with Gasteiger partial charge in [0.05, 0.1) is 6.04 Å². The van der Waals surface area contributed by atoms with Gasteiger partial charge in [0.15, 0.2) is 0 Å². The van der Waals surface area contributed by atoms with E-state index in [1.54, 1.807) is 0 Å². The molecule has 1 aliphatic heterocycles. The Morgan fingerprint density at radius 1 is 1.26 bits per heavy atom. The maximum atomic E-state index is 12.0. The molecule has 114 valence electrons. The predicted molar refractivity (Wildman–Crippen MR) is 83.1 cm³/mol. The van der Waals surface area contributed by atoms with E-state index in [4.69, 9.17) is 5.73 Å². The summed E-state index contributed by atoms with van der Waals surface area (Å²) in [5, 5.41) is 3.09. The molecule has 2 atom stereocenters. The highest BCUT2D eigenvalue weighted by Gasteiger charge is 2.36. The first-order valence-corrected chi connectivity index (χ1v) is 6.68. The summed E-state index contributed by atoms with van der Waals surface area (Å²) < 4.78 is 0. The SMILES string of the molecule is CC(C)(C)[C@H](N)C(=O)NC1CCN(C2CC2)C1.Cl.Cl. The minimum absolute atomic E-state index is 0. The number of likely N-dealkylation sites (tertiary alicyclic amines) is 1. The van der Waals surface area contributed by atoms with Gasteiger partial charge < -0.3 is 11.1 Å². The maximum Gasteiger partial charge on any atom is 0.237 e. The summed E-state index contributed by atoms with van der Waals surface area (Å²) in [6.07, 6.45) is 3.74. The summed E-state index contributed by atoms with van der Waals surface area (Å²) >= 11 is 0. The lowest BCUT2D eigenvalue weighted by Gasteiger charge is -2.27. The number of hydrogen-bond acceptors (Lipinski definition) is 3. The molecule has 6 heteroatoms. The second kappa shape index (κ2) is 7.11. The standard InChI is InChI=1S/C13H25N3O.2ClH/c1-13(2,3)11(14)12(17)15-9-6-7-16(8-9)10-4-5-10;;/h9-11H,4-8,14H2,1-3H3,(H,15,17);2*1H/t9?,11-;;/m1../s1. The highest BCUT2D eigenvalue weighted by atomic mass is 35.5. The Labute approximate surface area is 128 Å². The molecule has 1 saturated carbocycles. The topological polar surface area (TPSA) is 58.4 Å². The zero-order valence-corrected chi connectivity index (χ0v) is 13.6. The van der Waals surface area contributed by atoms with Crippen LogP contribution in [-0.2, 0) is 4.79 Å². The molecule has 0 aromatic rings. The number of carbonyl (C=O) groups is 1. The third-order valence-corrected chi connectivity index (χ3v) is 3.84. The van der Waals surface area contributed by atoms with E-state index >= 15 is 0 Å². The van der Waals surface area contributed by atoms with Crippen LogP contribution in [0.5, 0.6) is 0 Å². The molecule has 0 bridgehead atoms. The minimum atomic E-state index is -0.419. The van der Waals surface area contributed by atoms with Crippen molar-refractivity contribution in [3.8, 4) is 0 Å². The average molecular weight is 312 g/mol. The summed E-state index contributed by atoms with van der Waals surface area (Å²) in [4.78, 5) is 14.5. The minimum Gasteiger partial charge on any atom is -0.351 e. The van der Waals surface area contributed by atoms with Crippen molar-refractivity contribution in [2.75, 3.05) is 13.1 Å². The molecule has 0 aromatic carbocycles. The van der Waals surface area contributed by atoms with Crippen molar-refractivity contribution in [1.82, 2.24) is 10.2 Å². The van der Waals surface area contributed by atoms with E-state index in [-0.39, 0.29) is 36.1 Å². The highest BCUT2D eigenvalue weighted by Crippen LogP contribution is 2.29. The van der Waals surface area contributed by atoms with Crippen LogP contribution in [0, 0.1) is 5.41 Å². The fraction of sp³-hybridized carbons (Fsp3) is 0.923. The van der Waals surface area contributed by atoms with Gasteiger partial charge in [0.25, 0.3) is 0 Å². The molecule has 3 N–H and O–H groups in total. The number of nitrogens with one attached hydrogen (secondary N) is 1. The summed E-state index contributed by atoms with van der Waals surface area (Å²) in [6, 6.07) is 0.683. The predicted octanol–water partition coefficient (Wildman–Crippen LogP) is 1.56. The Bertz CT molecular complexity index is 303. The number of rotatable bonds is 3. The Hall–Kier alpha value is -0.0300. The molecule has 1 aliphatic carbocycles. The van der Waals surface area contributed by atoms with Crippen LogP contribution in [0.1, 0.15) is 40.0 Å². The molecule has 4 nitrogen and oxygen atoms in total. The van der Waals surface area contributed by atoms with Crippen molar-refractivity contribution in [3.63, 3.8) is 0 Å². The zero-order valence-electron chi connectivity index (χ0n) is 12.0. The number of amides is 1. The third kappa shape index (κ3) is 5.10. The summed E-state index contributed by atoms with van der Waals surface area (Å²) in [7, 11) is 0. The first kappa shape index (κ1) is 19.0. The van der Waals surface area contributed by atoms with Gasteiger partial charge in [-0.05, 0) is 24.7 Å². The van der Waals surface area contributed by atoms with Crippen LogP contribution in [0.25, 0.3) is 0 Å². The number of halogens is 2. The quantitative estimate of drug-likeness (QED) is 0.831. The smallest absolute Gasteiger partial charge is 0.237 e. The normalized spacial score (nSPS) is 25.2. The second-order valence-corrected chi connectivity index (χ2v) is 6.56. The lowest BCUT2D eigenvalue weighted by molar-refractivity contribution is -0.125. The number of carbonyl (C=O) groups excluding carboxylic acids is 1. The monoisotopic (exact) mass is 311 g/mol. The van der Waals surface area contributed by atoms with E-state index in [1.165, 1.54) is 12.8 Å². The third-order valence-electron chi connectivity index (χ3n) is 3.84. The van der Waals surface area contributed by atoms with E-state index in [9.17, 15) is 4.79 Å². The Kier molecular flexibility index (Phi) is 7.10. The molecule has 0 spiro atoms. The van der Waals surface area contributed by atoms with Crippen LogP contribution in [0.3, 0.4) is 0 Å². The number of hydrogen-bond donors (Lipinski definition) is 2. The first-order chi connectivity index (χ1) is 7.88. The van der Waals surface area contributed by atoms with Crippen molar-refractivity contribution >= 4 is 30.7 Å². The van der Waals surface area contributed by atoms with E-state index in [0.29, 0.717) is 6.04 Å². The van der Waals surface area contributed by atoms with E-state index in [2.05, 4.69) is 10.2 Å². The maximum absolute atomic E-state index is 12.0. The molecule has 2 rings (SSSR count). The first-order valence-electron chi connectivity index (χ1n) is 6.68. The molecule has 2 fully saturated rings. The Morgan fingerprint density at radius 2 is 1.84 bits per heavy atom. The van der Waals surface area contributed by atoms with Gasteiger partial charge in [-0.2, -0.15) is 0 Å². The molecule has 1 saturated heterocycles. The van der Waals surface area contributed by atoms with Crippen molar-refractivity contribution in [1.29, 1.82) is 0 Å². The molecule has 19 heavy (non-hydrogen) atoms. The van der Waals surface area contributed by atoms with Gasteiger partial charge in [0.2, 0.25) is 5.91 Å². The van der Waals surface area contributed by atoms with Crippen LogP contribution in [0.15, 0.2) is 0 Å². The molecule has 1 unspecified atom stereocenters. The molecule has 1 amide bonds. The van der Waals surface area contributed by atoms with Gasteiger partial charge in [0.1, 0.15) is 0 Å². The van der Waals surface area contributed by atoms with Crippen LogP contribution in [0.2, 0.25) is 0 Å². The van der Waals surface area contributed by atoms with E-state index in [0.717, 1.165) is 25.6 Å². The van der Waals surface area contributed by atoms with Crippen LogP contribution < -0.4 is 11.1 Å². The van der Waals surface area contributed by atoms with Gasteiger partial charge >= 0.3 is 0 Å². The van der Waals surface area contributed by atoms with Crippen LogP contribution in [0.4, 0.5) is 0 Å². The lowest BCUT2D eigenvalue weighted by Crippen LogP contribution is -2.51. The molecular weight excluding hydrogens is 285 g/mol. The lowest BCUT2D eigenvalue weighted by atomic mass is 9.87.